The van der Waals surface area contributed by atoms with E-state index in [1.807, 2.05) is 0 Å². The number of halogens is 1. The lowest BCUT2D eigenvalue weighted by Crippen LogP contribution is -2.28. The smallest absolute Gasteiger partial charge is 0.412 e. The monoisotopic (exact) mass is 604 g/mol. The van der Waals surface area contributed by atoms with Crippen LogP contribution in [0.15, 0.2) is 41.8 Å². The van der Waals surface area contributed by atoms with Crippen molar-refractivity contribution >= 4 is 59.6 Å². The van der Waals surface area contributed by atoms with Gasteiger partial charge in [-0.05, 0) is 39.0 Å². The van der Waals surface area contributed by atoms with Crippen LogP contribution in [0.5, 0.6) is 0 Å². The summed E-state index contributed by atoms with van der Waals surface area (Å²) in [5.41, 5.74) is 3.75. The van der Waals surface area contributed by atoms with Crippen LogP contribution in [-0.4, -0.2) is 62.5 Å². The Kier molecular flexibility index (Phi) is 11.3. The van der Waals surface area contributed by atoms with Crippen LogP contribution in [-0.2, 0) is 25.9 Å². The fourth-order valence-electron chi connectivity index (χ4n) is 3.83. The number of carbonyl (C=O) groups is 4. The van der Waals surface area contributed by atoms with E-state index < -0.39 is 23.5 Å². The molecule has 0 atom stereocenters. The Balaban J connectivity index is 0.00000616. The molecule has 4 amide bonds. The maximum Gasteiger partial charge on any atom is 0.412 e. The third-order valence-corrected chi connectivity index (χ3v) is 5.57. The van der Waals surface area contributed by atoms with Gasteiger partial charge in [0.15, 0.2) is 0 Å². The van der Waals surface area contributed by atoms with Gasteiger partial charge in [0.2, 0.25) is 0 Å². The Morgan fingerprint density at radius 3 is 1.67 bits per heavy atom. The van der Waals surface area contributed by atoms with Crippen molar-refractivity contribution in [2.75, 3.05) is 29.0 Å². The normalized spacial score (nSPS) is 11.0. The maximum atomic E-state index is 13.0. The number of nitrogens with two attached hydrogens (primary N) is 1. The summed E-state index contributed by atoms with van der Waals surface area (Å²) in [4.78, 5) is 54.4. The fraction of sp³-hybridized carbons (Fsp3) is 0.346. The molecule has 0 aliphatic rings. The van der Waals surface area contributed by atoms with E-state index in [0.29, 0.717) is 35.8 Å². The number of hydrogen-bond acceptors (Lipinski definition) is 7. The molecule has 7 N–H and O–H groups in total. The molecule has 0 saturated carbocycles. The number of aromatic nitrogens is 3. The predicted octanol–water partition coefficient (Wildman–Crippen LogP) is 2.20. The summed E-state index contributed by atoms with van der Waals surface area (Å²) in [6.07, 6.45) is 5.50. The zero-order valence-electron chi connectivity index (χ0n) is 24.3. The van der Waals surface area contributed by atoms with Gasteiger partial charge < -0.3 is 39.8 Å². The summed E-state index contributed by atoms with van der Waals surface area (Å²) >= 11 is 0. The Labute approximate surface area is 249 Å². The Morgan fingerprint density at radius 1 is 0.810 bits per heavy atom. The molecule has 15 nitrogen and oxygen atoms in total. The minimum atomic E-state index is -0.660. The molecule has 0 radical (unpaired) electrons. The number of aliphatic imine (C=N–C) groups is 1. The van der Waals surface area contributed by atoms with Crippen LogP contribution < -0.4 is 32.5 Å². The number of carbonyl (C=O) groups excluding carboxylic acids is 4. The fourth-order valence-corrected chi connectivity index (χ4v) is 3.83. The highest BCUT2D eigenvalue weighted by Gasteiger charge is 2.20. The van der Waals surface area contributed by atoms with Gasteiger partial charge in [-0.15, -0.1) is 12.4 Å². The number of hydrazine groups is 1. The van der Waals surface area contributed by atoms with Gasteiger partial charge >= 0.3 is 6.09 Å². The molecule has 0 aliphatic carbocycles. The lowest BCUT2D eigenvalue weighted by atomic mass is 10.2. The van der Waals surface area contributed by atoms with Crippen molar-refractivity contribution in [3.8, 4) is 0 Å². The van der Waals surface area contributed by atoms with Gasteiger partial charge in [-0.25, -0.2) is 10.6 Å². The molecule has 228 valence electrons. The number of hydrogen-bond donors (Lipinski definition) is 6. The predicted molar refractivity (Wildman–Crippen MR) is 162 cm³/mol. The first-order chi connectivity index (χ1) is 19.3. The second-order valence-electron chi connectivity index (χ2n) is 10.2. The molecule has 42 heavy (non-hydrogen) atoms. The van der Waals surface area contributed by atoms with E-state index in [9.17, 15) is 19.2 Å². The van der Waals surface area contributed by atoms with Crippen molar-refractivity contribution in [3.63, 3.8) is 0 Å². The maximum absolute atomic E-state index is 13.0. The molecule has 0 spiro atoms. The quantitative estimate of drug-likeness (QED) is 0.0671. The van der Waals surface area contributed by atoms with Crippen molar-refractivity contribution in [3.05, 3.63) is 53.9 Å². The second kappa shape index (κ2) is 14.2. The Hall–Kier alpha value is -4.76. The van der Waals surface area contributed by atoms with Crippen molar-refractivity contribution in [2.45, 2.75) is 26.4 Å². The van der Waals surface area contributed by atoms with Crippen molar-refractivity contribution in [2.24, 2.45) is 32.0 Å². The third-order valence-electron chi connectivity index (χ3n) is 5.57. The molecule has 0 aromatic carbocycles. The molecule has 0 fully saturated rings. The second-order valence-corrected chi connectivity index (χ2v) is 10.2. The average molecular weight is 605 g/mol. The summed E-state index contributed by atoms with van der Waals surface area (Å²) in [5, 5.41) is 10.9. The van der Waals surface area contributed by atoms with E-state index >= 15 is 0 Å². The number of nitrogens with one attached hydrogen (secondary N) is 5. The number of nitrogens with zero attached hydrogens (tertiary/aromatic N) is 4. The lowest BCUT2D eigenvalue weighted by molar-refractivity contribution is 0.0635. The summed E-state index contributed by atoms with van der Waals surface area (Å²) in [7, 11) is 5.03. The molecule has 3 rings (SSSR count). The van der Waals surface area contributed by atoms with Crippen LogP contribution in [0, 0.1) is 0 Å². The van der Waals surface area contributed by atoms with Crippen molar-refractivity contribution in [1.29, 1.82) is 0 Å². The Morgan fingerprint density at radius 2 is 1.24 bits per heavy atom. The largest absolute Gasteiger partial charge is 0.444 e. The molecule has 16 heteroatoms. The van der Waals surface area contributed by atoms with E-state index in [0.717, 1.165) is 0 Å². The summed E-state index contributed by atoms with van der Waals surface area (Å²) < 4.78 is 9.97. The third kappa shape index (κ3) is 9.14. The van der Waals surface area contributed by atoms with Gasteiger partial charge in [0.1, 0.15) is 22.7 Å². The topological polar surface area (TPSA) is 191 Å². The number of anilines is 3. The number of ether oxygens (including phenoxy) is 1. The summed E-state index contributed by atoms with van der Waals surface area (Å²) in [6.45, 7) is 5.92. The Bertz CT molecular complexity index is 1460. The number of amides is 4. The molecule has 0 unspecified atom stereocenters. The number of rotatable bonds is 10. The first kappa shape index (κ1) is 33.4. The minimum Gasteiger partial charge on any atom is -0.444 e. The van der Waals surface area contributed by atoms with Gasteiger partial charge in [-0.3, -0.25) is 24.7 Å². The molecule has 0 bridgehead atoms. The standard InChI is InChI=1S/C26H36N10O5.ClH/c1-26(2,3)41-25(40)33-18-11-21(36(6)14-18)24(39)32-17-10-20(35(5)13-17)23(38)31-16-9-19(34(4)12-16)22(37)29-8-7-28-15-30-27;/h9-15H,7-8,27H2,1-6H3,(H,28,30)(H,29,37)(H,31,38)(H,32,39)(H,33,40);1H. The molecule has 3 heterocycles. The molecule has 3 aromatic heterocycles. The van der Waals surface area contributed by atoms with Crippen LogP contribution in [0.3, 0.4) is 0 Å². The molecule has 3 aromatic rings. The number of aryl methyl sites for hydroxylation is 3. The van der Waals surface area contributed by atoms with E-state index in [4.69, 9.17) is 10.6 Å². The van der Waals surface area contributed by atoms with Gasteiger partial charge in [-0.1, -0.05) is 0 Å². The van der Waals surface area contributed by atoms with Crippen LogP contribution in [0.4, 0.5) is 21.9 Å². The molecular weight excluding hydrogens is 568 g/mol. The average Bonchev–Trinajstić information content (AvgIpc) is 3.53. The van der Waals surface area contributed by atoms with E-state index in [1.165, 1.54) is 18.5 Å². The van der Waals surface area contributed by atoms with Crippen molar-refractivity contribution < 1.29 is 23.9 Å². The van der Waals surface area contributed by atoms with Gasteiger partial charge in [-0.2, -0.15) is 0 Å². The zero-order chi connectivity index (χ0) is 30.3. The lowest BCUT2D eigenvalue weighted by Gasteiger charge is -2.19. The zero-order valence-corrected chi connectivity index (χ0v) is 25.1. The minimum absolute atomic E-state index is 0. The highest BCUT2D eigenvalue weighted by molar-refractivity contribution is 6.07. The van der Waals surface area contributed by atoms with Crippen LogP contribution >= 0.6 is 12.4 Å². The summed E-state index contributed by atoms with van der Waals surface area (Å²) in [5.74, 6) is 3.90. The molecule has 0 saturated heterocycles. The highest BCUT2D eigenvalue weighted by Crippen LogP contribution is 2.20. The summed E-state index contributed by atoms with van der Waals surface area (Å²) in [6, 6.07) is 4.61. The van der Waals surface area contributed by atoms with Crippen LogP contribution in [0.2, 0.25) is 0 Å². The van der Waals surface area contributed by atoms with E-state index in [-0.39, 0.29) is 29.7 Å². The van der Waals surface area contributed by atoms with Crippen molar-refractivity contribution in [1.82, 2.24) is 24.4 Å². The van der Waals surface area contributed by atoms with Gasteiger partial charge in [0.25, 0.3) is 17.7 Å². The van der Waals surface area contributed by atoms with Crippen LogP contribution in [0.1, 0.15) is 52.2 Å². The molecule has 0 aliphatic heterocycles. The van der Waals surface area contributed by atoms with Crippen LogP contribution in [0.25, 0.3) is 0 Å². The highest BCUT2D eigenvalue weighted by atomic mass is 35.5. The first-order valence-electron chi connectivity index (χ1n) is 12.6. The van der Waals surface area contributed by atoms with E-state index in [2.05, 4.69) is 31.7 Å². The SMILES string of the molecule is Cl.Cn1cc(NC(=O)c2cc(NC(=O)c3cc(NC(=O)OC(C)(C)C)cn3C)cn2C)cc1C(=O)NCCN=CNN. The van der Waals surface area contributed by atoms with Gasteiger partial charge in [0, 0.05) is 46.3 Å². The van der Waals surface area contributed by atoms with E-state index in [1.54, 1.807) is 80.3 Å². The first-order valence-corrected chi connectivity index (χ1v) is 12.6. The molecular formula is C26H37ClN10O5. The van der Waals surface area contributed by atoms with Gasteiger partial charge in [0.05, 0.1) is 29.9 Å².